The number of nitrogens with zero attached hydrogens (tertiary/aromatic N) is 3. The maximum Gasteiger partial charge on any atom is 0.410 e. The second-order valence-corrected chi connectivity index (χ2v) is 5.66. The zero-order valence-corrected chi connectivity index (χ0v) is 11.8. The highest BCUT2D eigenvalue weighted by Gasteiger charge is 2.28. The summed E-state index contributed by atoms with van der Waals surface area (Å²) in [7, 11) is 0. The van der Waals surface area contributed by atoms with Crippen LogP contribution in [-0.2, 0) is 17.7 Å². The molecule has 0 fully saturated rings. The Morgan fingerprint density at radius 1 is 1.40 bits per heavy atom. The second kappa shape index (κ2) is 5.07. The average Bonchev–Trinajstić information content (AvgIpc) is 2.34. The summed E-state index contributed by atoms with van der Waals surface area (Å²) in [5.74, 6) is 0.0388. The molecule has 0 aliphatic carbocycles. The van der Waals surface area contributed by atoms with Gasteiger partial charge in [-0.25, -0.2) is 14.8 Å². The van der Waals surface area contributed by atoms with E-state index in [0.29, 0.717) is 30.6 Å². The second-order valence-electron chi connectivity index (χ2n) is 5.66. The van der Waals surface area contributed by atoms with Crippen molar-refractivity contribution < 1.29 is 14.3 Å². The molecule has 7 nitrogen and oxygen atoms in total. The van der Waals surface area contributed by atoms with Crippen molar-refractivity contribution in [2.45, 2.75) is 39.3 Å². The van der Waals surface area contributed by atoms with E-state index >= 15 is 0 Å². The number of hydrogen-bond acceptors (Lipinski definition) is 6. The van der Waals surface area contributed by atoms with Gasteiger partial charge in [-0.2, -0.15) is 0 Å². The Balaban J connectivity index is 2.21. The maximum absolute atomic E-state index is 12.0. The van der Waals surface area contributed by atoms with E-state index < -0.39 is 11.7 Å². The number of aromatic nitrogens is 2. The van der Waals surface area contributed by atoms with Crippen LogP contribution < -0.4 is 5.73 Å². The molecule has 2 rings (SSSR count). The van der Waals surface area contributed by atoms with Gasteiger partial charge in [-0.15, -0.1) is 0 Å². The lowest BCUT2D eigenvalue weighted by Gasteiger charge is -2.30. The molecule has 20 heavy (non-hydrogen) atoms. The van der Waals surface area contributed by atoms with Crippen LogP contribution in [-0.4, -0.2) is 39.4 Å². The van der Waals surface area contributed by atoms with Gasteiger partial charge in [0.15, 0.2) is 6.29 Å². The van der Waals surface area contributed by atoms with Gasteiger partial charge in [-0.1, -0.05) is 0 Å². The molecule has 0 aromatic carbocycles. The molecule has 0 saturated heterocycles. The molecule has 1 aliphatic rings. The fraction of sp³-hybridized carbons (Fsp3) is 0.538. The first-order valence-electron chi connectivity index (χ1n) is 6.38. The Morgan fingerprint density at radius 3 is 2.70 bits per heavy atom. The van der Waals surface area contributed by atoms with E-state index in [9.17, 15) is 9.59 Å². The van der Waals surface area contributed by atoms with Crippen LogP contribution in [0.5, 0.6) is 0 Å². The van der Waals surface area contributed by atoms with Gasteiger partial charge in [0.05, 0.1) is 12.2 Å². The van der Waals surface area contributed by atoms with Gasteiger partial charge < -0.3 is 15.4 Å². The molecule has 1 aromatic heterocycles. The van der Waals surface area contributed by atoms with E-state index in [1.165, 1.54) is 0 Å². The topological polar surface area (TPSA) is 98.4 Å². The standard InChI is InChI=1S/C13H18N4O3/c1-13(2,3)20-12(19)17-5-4-8-9(6-17)15-11(14)16-10(8)7-18/h7H,4-6H2,1-3H3,(H2,14,15,16). The molecule has 7 heteroatoms. The third kappa shape index (κ3) is 3.04. The van der Waals surface area contributed by atoms with Crippen molar-refractivity contribution in [2.75, 3.05) is 12.3 Å². The zero-order valence-electron chi connectivity index (χ0n) is 11.8. The lowest BCUT2D eigenvalue weighted by atomic mass is 10.0. The van der Waals surface area contributed by atoms with Crippen LogP contribution in [0, 0.1) is 0 Å². The summed E-state index contributed by atoms with van der Waals surface area (Å²) in [5.41, 5.74) is 6.69. The summed E-state index contributed by atoms with van der Waals surface area (Å²) in [6.07, 6.45) is 0.788. The first-order valence-corrected chi connectivity index (χ1v) is 6.38. The maximum atomic E-state index is 12.0. The minimum absolute atomic E-state index is 0.0388. The van der Waals surface area contributed by atoms with Gasteiger partial charge in [-0.05, 0) is 27.2 Å². The van der Waals surface area contributed by atoms with E-state index in [1.54, 1.807) is 4.90 Å². The first-order chi connectivity index (χ1) is 9.30. The number of anilines is 1. The van der Waals surface area contributed by atoms with E-state index in [4.69, 9.17) is 10.5 Å². The highest BCUT2D eigenvalue weighted by molar-refractivity contribution is 5.76. The van der Waals surface area contributed by atoms with Crippen LogP contribution in [0.1, 0.15) is 42.5 Å². The highest BCUT2D eigenvalue weighted by atomic mass is 16.6. The molecule has 0 bridgehead atoms. The monoisotopic (exact) mass is 278 g/mol. The molecule has 2 heterocycles. The van der Waals surface area contributed by atoms with Crippen LogP contribution in [0.25, 0.3) is 0 Å². The number of carbonyl (C=O) groups excluding carboxylic acids is 2. The van der Waals surface area contributed by atoms with Gasteiger partial charge in [0.25, 0.3) is 0 Å². The largest absolute Gasteiger partial charge is 0.444 e. The van der Waals surface area contributed by atoms with Crippen molar-refractivity contribution in [3.63, 3.8) is 0 Å². The third-order valence-electron chi connectivity index (χ3n) is 2.88. The fourth-order valence-corrected chi connectivity index (χ4v) is 2.06. The molecule has 0 saturated carbocycles. The quantitative estimate of drug-likeness (QED) is 0.774. The molecule has 1 aliphatic heterocycles. The predicted molar refractivity (Wildman–Crippen MR) is 72.2 cm³/mol. The van der Waals surface area contributed by atoms with Crippen LogP contribution in [0.15, 0.2) is 0 Å². The van der Waals surface area contributed by atoms with Crippen LogP contribution in [0.2, 0.25) is 0 Å². The number of nitrogens with two attached hydrogens (primary N) is 1. The molecule has 1 aromatic rings. The number of hydrogen-bond donors (Lipinski definition) is 1. The molecule has 0 unspecified atom stereocenters. The molecule has 108 valence electrons. The number of fused-ring (bicyclic) bond motifs is 1. The summed E-state index contributed by atoms with van der Waals surface area (Å²) in [5, 5.41) is 0. The molecule has 0 spiro atoms. The van der Waals surface area contributed by atoms with Crippen molar-refractivity contribution in [3.05, 3.63) is 17.0 Å². The van der Waals surface area contributed by atoms with Gasteiger partial charge in [0.1, 0.15) is 11.3 Å². The average molecular weight is 278 g/mol. The number of rotatable bonds is 1. The summed E-state index contributed by atoms with van der Waals surface area (Å²) >= 11 is 0. The van der Waals surface area contributed by atoms with Crippen LogP contribution >= 0.6 is 0 Å². The van der Waals surface area contributed by atoms with Crippen LogP contribution in [0.4, 0.5) is 10.7 Å². The van der Waals surface area contributed by atoms with E-state index in [2.05, 4.69) is 9.97 Å². The molecular formula is C13H18N4O3. The van der Waals surface area contributed by atoms with Gasteiger partial charge in [-0.3, -0.25) is 4.79 Å². The lowest BCUT2D eigenvalue weighted by Crippen LogP contribution is -2.40. The van der Waals surface area contributed by atoms with Crippen LogP contribution in [0.3, 0.4) is 0 Å². The Bertz CT molecular complexity index is 551. The highest BCUT2D eigenvalue weighted by Crippen LogP contribution is 2.21. The minimum Gasteiger partial charge on any atom is -0.444 e. The van der Waals surface area contributed by atoms with E-state index in [0.717, 1.165) is 5.56 Å². The Hall–Kier alpha value is -2.18. The Morgan fingerprint density at radius 2 is 2.10 bits per heavy atom. The zero-order chi connectivity index (χ0) is 14.9. The van der Waals surface area contributed by atoms with Gasteiger partial charge in [0, 0.05) is 12.1 Å². The van der Waals surface area contributed by atoms with Crippen molar-refractivity contribution in [1.29, 1.82) is 0 Å². The van der Waals surface area contributed by atoms with Crippen molar-refractivity contribution in [1.82, 2.24) is 14.9 Å². The van der Waals surface area contributed by atoms with E-state index in [-0.39, 0.29) is 12.5 Å². The smallest absolute Gasteiger partial charge is 0.410 e. The van der Waals surface area contributed by atoms with Crippen molar-refractivity contribution in [3.8, 4) is 0 Å². The Kier molecular flexibility index (Phi) is 3.61. The molecular weight excluding hydrogens is 260 g/mol. The van der Waals surface area contributed by atoms with Crippen molar-refractivity contribution >= 4 is 18.3 Å². The van der Waals surface area contributed by atoms with Gasteiger partial charge in [0.2, 0.25) is 5.95 Å². The number of carbonyl (C=O) groups is 2. The normalized spacial score (nSPS) is 14.7. The minimum atomic E-state index is -0.546. The number of ether oxygens (including phenoxy) is 1. The summed E-state index contributed by atoms with van der Waals surface area (Å²) in [4.78, 5) is 32.6. The SMILES string of the molecule is CC(C)(C)OC(=O)N1CCc2c(C=O)nc(N)nc2C1. The number of amides is 1. The Labute approximate surface area is 117 Å². The van der Waals surface area contributed by atoms with E-state index in [1.807, 2.05) is 20.8 Å². The van der Waals surface area contributed by atoms with Gasteiger partial charge >= 0.3 is 6.09 Å². The lowest BCUT2D eigenvalue weighted by molar-refractivity contribution is 0.0220. The molecule has 1 amide bonds. The summed E-state index contributed by atoms with van der Waals surface area (Å²) in [6.45, 7) is 6.18. The summed E-state index contributed by atoms with van der Waals surface area (Å²) < 4.78 is 5.32. The first kappa shape index (κ1) is 14.2. The van der Waals surface area contributed by atoms with Crippen molar-refractivity contribution in [2.24, 2.45) is 0 Å². The number of aldehydes is 1. The summed E-state index contributed by atoms with van der Waals surface area (Å²) in [6, 6.07) is 0. The number of nitrogen functional groups attached to an aromatic ring is 1. The fourth-order valence-electron chi connectivity index (χ4n) is 2.06. The third-order valence-corrected chi connectivity index (χ3v) is 2.88. The predicted octanol–water partition coefficient (Wildman–Crippen LogP) is 1.16. The molecule has 2 N–H and O–H groups in total. The molecule has 0 atom stereocenters. The molecule has 0 radical (unpaired) electrons.